The van der Waals surface area contributed by atoms with Crippen LogP contribution in [0.1, 0.15) is 32.6 Å². The van der Waals surface area contributed by atoms with Crippen LogP contribution < -0.4 is 0 Å². The van der Waals surface area contributed by atoms with Crippen LogP contribution in [0.15, 0.2) is 32.5 Å². The molecule has 0 bridgehead atoms. The maximum Gasteiger partial charge on any atom is 0.284 e. The normalized spacial score (nSPS) is 18.6. The van der Waals surface area contributed by atoms with Crippen LogP contribution in [-0.4, -0.2) is 39.3 Å². The van der Waals surface area contributed by atoms with Crippen LogP contribution in [0.3, 0.4) is 0 Å². The van der Waals surface area contributed by atoms with E-state index in [4.69, 9.17) is 8.83 Å². The summed E-state index contributed by atoms with van der Waals surface area (Å²) in [7, 11) is 0. The summed E-state index contributed by atoms with van der Waals surface area (Å²) in [5.41, 5.74) is 0. The first-order valence-corrected chi connectivity index (χ1v) is 8.56. The third-order valence-electron chi connectivity index (χ3n) is 3.88. The molecule has 3 heterocycles. The Balaban J connectivity index is 1.57. The van der Waals surface area contributed by atoms with E-state index in [0.717, 1.165) is 25.8 Å². The van der Waals surface area contributed by atoms with E-state index in [0.29, 0.717) is 28.7 Å². The van der Waals surface area contributed by atoms with Crippen LogP contribution in [-0.2, 0) is 4.79 Å². The monoisotopic (exact) mass is 321 g/mol. The van der Waals surface area contributed by atoms with E-state index >= 15 is 0 Å². The number of hydrogen-bond donors (Lipinski definition) is 0. The van der Waals surface area contributed by atoms with E-state index in [1.54, 1.807) is 18.4 Å². The van der Waals surface area contributed by atoms with Crippen LogP contribution >= 0.6 is 11.8 Å². The summed E-state index contributed by atoms with van der Waals surface area (Å²) in [6.45, 7) is 3.00. The van der Waals surface area contributed by atoms with Crippen molar-refractivity contribution >= 4 is 17.7 Å². The number of amides is 1. The number of thioether (sulfide) groups is 1. The smallest absolute Gasteiger partial charge is 0.284 e. The average Bonchev–Trinajstić information content (AvgIpc) is 3.23. The first kappa shape index (κ1) is 15.1. The van der Waals surface area contributed by atoms with E-state index in [1.807, 2.05) is 4.90 Å². The summed E-state index contributed by atoms with van der Waals surface area (Å²) in [6.07, 6.45) is 5.98. The zero-order chi connectivity index (χ0) is 15.4. The Morgan fingerprint density at radius 3 is 3.14 bits per heavy atom. The van der Waals surface area contributed by atoms with Crippen molar-refractivity contribution in [3.05, 3.63) is 18.4 Å². The van der Waals surface area contributed by atoms with Gasteiger partial charge in [0.25, 0.3) is 11.1 Å². The van der Waals surface area contributed by atoms with Crippen LogP contribution in [0.25, 0.3) is 11.7 Å². The van der Waals surface area contributed by atoms with Gasteiger partial charge in [0.15, 0.2) is 5.76 Å². The fraction of sp³-hybridized carbons (Fsp3) is 0.533. The topological polar surface area (TPSA) is 72.4 Å². The maximum atomic E-state index is 12.4. The Morgan fingerprint density at radius 2 is 2.36 bits per heavy atom. The zero-order valence-electron chi connectivity index (χ0n) is 12.5. The van der Waals surface area contributed by atoms with E-state index in [1.165, 1.54) is 18.2 Å². The Morgan fingerprint density at radius 1 is 1.45 bits per heavy atom. The van der Waals surface area contributed by atoms with E-state index in [-0.39, 0.29) is 5.91 Å². The second kappa shape index (κ2) is 7.00. The van der Waals surface area contributed by atoms with E-state index in [2.05, 4.69) is 17.1 Å². The first-order valence-electron chi connectivity index (χ1n) is 7.57. The number of carbonyl (C=O) groups is 1. The number of likely N-dealkylation sites (tertiary alicyclic amines) is 1. The average molecular weight is 321 g/mol. The highest BCUT2D eigenvalue weighted by Gasteiger charge is 2.25. The highest BCUT2D eigenvalue weighted by Crippen LogP contribution is 2.25. The number of hydrogen-bond acceptors (Lipinski definition) is 6. The standard InChI is InChI=1S/C15H19N3O3S/c1-2-11-6-3-4-8-18(11)13(19)10-22-15-17-16-14(21-15)12-7-5-9-20-12/h5,7,9,11H,2-4,6,8,10H2,1H3/t11-/m0/s1. The summed E-state index contributed by atoms with van der Waals surface area (Å²) in [5, 5.41) is 8.26. The molecule has 2 aromatic heterocycles. The minimum atomic E-state index is 0.147. The second-order valence-corrected chi connectivity index (χ2v) is 6.21. The molecule has 22 heavy (non-hydrogen) atoms. The van der Waals surface area contributed by atoms with Crippen molar-refractivity contribution in [3.8, 4) is 11.7 Å². The molecule has 7 heteroatoms. The lowest BCUT2D eigenvalue weighted by atomic mass is 10.0. The van der Waals surface area contributed by atoms with Gasteiger partial charge in [0.1, 0.15) is 0 Å². The largest absolute Gasteiger partial charge is 0.459 e. The van der Waals surface area contributed by atoms with Crippen molar-refractivity contribution < 1.29 is 13.6 Å². The molecule has 1 fully saturated rings. The molecule has 0 unspecified atom stereocenters. The lowest BCUT2D eigenvalue weighted by molar-refractivity contribution is -0.132. The molecule has 0 spiro atoms. The van der Waals surface area contributed by atoms with Crippen molar-refractivity contribution in [1.82, 2.24) is 15.1 Å². The summed E-state index contributed by atoms with van der Waals surface area (Å²) < 4.78 is 10.7. The lowest BCUT2D eigenvalue weighted by Gasteiger charge is -2.35. The quantitative estimate of drug-likeness (QED) is 0.787. The Bertz CT molecular complexity index is 611. The van der Waals surface area contributed by atoms with Gasteiger partial charge >= 0.3 is 0 Å². The molecule has 0 N–H and O–H groups in total. The second-order valence-electron chi connectivity index (χ2n) is 5.28. The molecule has 1 atom stereocenters. The van der Waals surface area contributed by atoms with Crippen LogP contribution in [0.4, 0.5) is 0 Å². The molecule has 1 amide bonds. The summed E-state index contributed by atoms with van der Waals surface area (Å²) in [4.78, 5) is 14.4. The van der Waals surface area contributed by atoms with Crippen LogP contribution in [0.5, 0.6) is 0 Å². The Hall–Kier alpha value is -1.76. The summed E-state index contributed by atoms with van der Waals surface area (Å²) in [6, 6.07) is 3.90. The molecule has 1 aliphatic rings. The number of rotatable bonds is 5. The first-order chi connectivity index (χ1) is 10.8. The molecule has 1 saturated heterocycles. The molecule has 3 rings (SSSR count). The third-order valence-corrected chi connectivity index (χ3v) is 4.68. The predicted octanol–water partition coefficient (Wildman–Crippen LogP) is 3.21. The van der Waals surface area contributed by atoms with Gasteiger partial charge in [-0.15, -0.1) is 10.2 Å². The maximum absolute atomic E-state index is 12.4. The Labute approximate surface area is 133 Å². The van der Waals surface area contributed by atoms with Crippen LogP contribution in [0.2, 0.25) is 0 Å². The molecule has 0 aliphatic carbocycles. The predicted molar refractivity (Wildman–Crippen MR) is 82.4 cm³/mol. The molecule has 118 valence electrons. The molecule has 0 saturated carbocycles. The van der Waals surface area contributed by atoms with Gasteiger partial charge in [-0.2, -0.15) is 0 Å². The van der Waals surface area contributed by atoms with Gasteiger partial charge in [0.2, 0.25) is 5.91 Å². The van der Waals surface area contributed by atoms with Gasteiger partial charge in [-0.1, -0.05) is 18.7 Å². The number of aromatic nitrogens is 2. The van der Waals surface area contributed by atoms with Gasteiger partial charge in [-0.3, -0.25) is 4.79 Å². The highest BCUT2D eigenvalue weighted by molar-refractivity contribution is 7.99. The fourth-order valence-electron chi connectivity index (χ4n) is 2.73. The van der Waals surface area contributed by atoms with Crippen molar-refractivity contribution in [2.45, 2.75) is 43.9 Å². The van der Waals surface area contributed by atoms with E-state index in [9.17, 15) is 4.79 Å². The minimum absolute atomic E-state index is 0.147. The molecule has 1 aliphatic heterocycles. The van der Waals surface area contributed by atoms with Crippen molar-refractivity contribution in [3.63, 3.8) is 0 Å². The molecule has 0 aromatic carbocycles. The summed E-state index contributed by atoms with van der Waals surface area (Å²) >= 11 is 1.28. The van der Waals surface area contributed by atoms with Crippen molar-refractivity contribution in [2.24, 2.45) is 0 Å². The molecule has 2 aromatic rings. The van der Waals surface area contributed by atoms with Gasteiger partial charge in [-0.25, -0.2) is 0 Å². The Kier molecular flexibility index (Phi) is 4.82. The number of carbonyl (C=O) groups excluding carboxylic acids is 1. The SMILES string of the molecule is CC[C@H]1CCCCN1C(=O)CSc1nnc(-c2ccco2)o1. The van der Waals surface area contributed by atoms with E-state index < -0.39 is 0 Å². The van der Waals surface area contributed by atoms with Crippen molar-refractivity contribution in [1.29, 1.82) is 0 Å². The molecular weight excluding hydrogens is 302 g/mol. The highest BCUT2D eigenvalue weighted by atomic mass is 32.2. The number of piperidine rings is 1. The van der Waals surface area contributed by atoms with Gasteiger partial charge in [0, 0.05) is 12.6 Å². The van der Waals surface area contributed by atoms with Gasteiger partial charge in [-0.05, 0) is 37.8 Å². The van der Waals surface area contributed by atoms with Gasteiger partial charge < -0.3 is 13.7 Å². The molecular formula is C15H19N3O3S. The lowest BCUT2D eigenvalue weighted by Crippen LogP contribution is -2.44. The van der Waals surface area contributed by atoms with Gasteiger partial charge in [0.05, 0.1) is 12.0 Å². The number of nitrogens with zero attached hydrogens (tertiary/aromatic N) is 3. The zero-order valence-corrected chi connectivity index (χ0v) is 13.3. The third kappa shape index (κ3) is 3.35. The number of furan rings is 1. The molecule has 6 nitrogen and oxygen atoms in total. The molecule has 0 radical (unpaired) electrons. The summed E-state index contributed by atoms with van der Waals surface area (Å²) in [5.74, 6) is 1.35. The fourth-order valence-corrected chi connectivity index (χ4v) is 3.38. The minimum Gasteiger partial charge on any atom is -0.459 e. The van der Waals surface area contributed by atoms with Crippen molar-refractivity contribution in [2.75, 3.05) is 12.3 Å². The van der Waals surface area contributed by atoms with Crippen LogP contribution in [0, 0.1) is 0 Å².